The van der Waals surface area contributed by atoms with Gasteiger partial charge in [-0.05, 0) is 214 Å². The van der Waals surface area contributed by atoms with Crippen LogP contribution in [-0.2, 0) is 47.0 Å². The Kier molecular flexibility index (Phi) is 24.8. The smallest absolute Gasteiger partial charge is 0.239 e. The Labute approximate surface area is 717 Å². The van der Waals surface area contributed by atoms with Crippen LogP contribution < -0.4 is 5.73 Å². The second-order valence-electron chi connectivity index (χ2n) is 29.3. The molecule has 0 fully saturated rings. The number of nitrogens with zero attached hydrogens (tertiary/aromatic N) is 28. The first-order chi connectivity index (χ1) is 61.4. The zero-order chi connectivity index (χ0) is 87.2. The van der Waals surface area contributed by atoms with E-state index in [2.05, 4.69) is 159 Å². The highest BCUT2D eigenvalue weighted by atomic mass is 16.5. The first-order valence-electron chi connectivity index (χ1n) is 39.8. The molecule has 34 nitrogen and oxygen atoms in total. The van der Waals surface area contributed by atoms with Gasteiger partial charge < -0.3 is 15.7 Å². The number of nitrogens with two attached hydrogens (primary N) is 1. The third-order valence-electron chi connectivity index (χ3n) is 20.1. The van der Waals surface area contributed by atoms with E-state index in [4.69, 9.17) is 15.7 Å². The fraction of sp³-hybridized carbons (Fsp3) is 0.152. The molecular formula is C92H79N29O5. The minimum Gasteiger partial charge on any atom is -0.504 e. The summed E-state index contributed by atoms with van der Waals surface area (Å²) < 4.78 is 13.9. The summed E-state index contributed by atoms with van der Waals surface area (Å²) in [6, 6.07) is 68.6. The summed E-state index contributed by atoms with van der Waals surface area (Å²) in [4.78, 5) is 86.5. The molecule has 0 spiro atoms. The second kappa shape index (κ2) is 37.8. The average molecular weight is 1670 g/mol. The van der Waals surface area contributed by atoms with Crippen molar-refractivity contribution in [2.24, 2.45) is 20.9 Å². The number of oxime groups is 1. The van der Waals surface area contributed by atoms with E-state index < -0.39 is 5.91 Å². The van der Waals surface area contributed by atoms with Crippen molar-refractivity contribution in [2.75, 3.05) is 20.2 Å². The van der Waals surface area contributed by atoms with Crippen molar-refractivity contribution < 1.29 is 24.3 Å². The van der Waals surface area contributed by atoms with Gasteiger partial charge in [-0.2, -0.15) is 0 Å². The maximum atomic E-state index is 11.5. The SMILES string of the molecule is C/C(=N\O)c1ccc2nnn(Cc3ccc4ncccc4c3)c2n1.CC(=NCC(N)=O)c1ccc2nnn(Cc3ccc4ncccc4c3)c2n1.CC(=O)CN=C(C)c1ccc2nnn(Cc3ccc4ncccc4c3)c2n1.CC(=O)c1ccc2nnn(Cc3ccc4ncccc4c3)c2n1.CO/C=C(\C)c1ccc2nnn(Cc3ccc4ncccc4c3)c2n1. The van der Waals surface area contributed by atoms with Crippen molar-refractivity contribution in [3.8, 4) is 0 Å². The fourth-order valence-electron chi connectivity index (χ4n) is 13.7. The number of ketones is 2. The number of hydrogen-bond donors (Lipinski definition) is 2. The molecule has 0 aliphatic rings. The van der Waals surface area contributed by atoms with Gasteiger partial charge in [0.25, 0.3) is 0 Å². The highest BCUT2D eigenvalue weighted by Gasteiger charge is 2.18. The Morgan fingerprint density at radius 2 is 0.603 bits per heavy atom. The number of fused-ring (bicyclic) bond motifs is 10. The lowest BCUT2D eigenvalue weighted by Crippen LogP contribution is -2.15. The molecule has 0 aliphatic heterocycles. The van der Waals surface area contributed by atoms with Crippen molar-refractivity contribution in [2.45, 2.75) is 74.3 Å². The highest BCUT2D eigenvalue weighted by molar-refractivity contribution is 6.01. The molecule has 0 saturated heterocycles. The predicted molar refractivity (Wildman–Crippen MR) is 480 cm³/mol. The van der Waals surface area contributed by atoms with Gasteiger partial charge in [-0.15, -0.1) is 25.5 Å². The topological polar surface area (TPSA) is 426 Å². The minimum atomic E-state index is -0.479. The van der Waals surface area contributed by atoms with Crippen molar-refractivity contribution in [3.63, 3.8) is 0 Å². The lowest BCUT2D eigenvalue weighted by Gasteiger charge is -2.05. The van der Waals surface area contributed by atoms with Crippen LogP contribution >= 0.6 is 0 Å². The maximum absolute atomic E-state index is 11.5. The molecule has 20 aromatic rings. The number of aromatic nitrogens is 25. The van der Waals surface area contributed by atoms with Crippen LogP contribution in [0.25, 0.3) is 116 Å². The number of rotatable bonds is 20. The largest absolute Gasteiger partial charge is 0.504 e. The second-order valence-corrected chi connectivity index (χ2v) is 29.3. The van der Waals surface area contributed by atoms with Crippen molar-refractivity contribution >= 4 is 151 Å². The van der Waals surface area contributed by atoms with E-state index in [0.29, 0.717) is 100 Å². The lowest BCUT2D eigenvalue weighted by atomic mass is 10.1. The first kappa shape index (κ1) is 82.7. The van der Waals surface area contributed by atoms with Crippen LogP contribution in [0.4, 0.5) is 0 Å². The third kappa shape index (κ3) is 19.6. The van der Waals surface area contributed by atoms with E-state index in [1.54, 1.807) is 95.1 Å². The summed E-state index contributed by atoms with van der Waals surface area (Å²) in [5.74, 6) is -0.530. The molecule has 3 N–H and O–H groups in total. The molecule has 34 heteroatoms. The summed E-state index contributed by atoms with van der Waals surface area (Å²) in [6.07, 6.45) is 10.6. The van der Waals surface area contributed by atoms with E-state index >= 15 is 0 Å². The van der Waals surface area contributed by atoms with Gasteiger partial charge in [-0.1, -0.05) is 91.9 Å². The van der Waals surface area contributed by atoms with Crippen molar-refractivity contribution in [1.82, 2.24) is 125 Å². The molecule has 0 bridgehead atoms. The fourth-order valence-corrected chi connectivity index (χ4v) is 13.7. The molecule has 15 aromatic heterocycles. The number of amides is 1. The van der Waals surface area contributed by atoms with E-state index in [-0.39, 0.29) is 24.7 Å². The number of aliphatic imine (C=N–C) groups is 2. The number of pyridine rings is 10. The van der Waals surface area contributed by atoms with Crippen molar-refractivity contribution in [1.29, 1.82) is 0 Å². The van der Waals surface area contributed by atoms with E-state index in [1.807, 2.05) is 170 Å². The molecule has 0 saturated carbocycles. The summed E-state index contributed by atoms with van der Waals surface area (Å²) >= 11 is 0. The van der Waals surface area contributed by atoms with Crippen LogP contribution in [0.1, 0.15) is 103 Å². The number of benzene rings is 5. The Morgan fingerprint density at radius 1 is 0.341 bits per heavy atom. The first-order valence-corrected chi connectivity index (χ1v) is 39.8. The van der Waals surface area contributed by atoms with Gasteiger partial charge in [0.1, 0.15) is 45.5 Å². The third-order valence-corrected chi connectivity index (χ3v) is 20.1. The van der Waals surface area contributed by atoms with Crippen LogP contribution in [0, 0.1) is 0 Å². The number of Topliss-reactive ketones (excluding diaryl/α,β-unsaturated/α-hetero) is 2. The van der Waals surface area contributed by atoms with E-state index in [0.717, 1.165) is 122 Å². The molecule has 0 atom stereocenters. The van der Waals surface area contributed by atoms with Gasteiger partial charge in [0.15, 0.2) is 39.8 Å². The maximum Gasteiger partial charge on any atom is 0.239 e. The van der Waals surface area contributed by atoms with Gasteiger partial charge >= 0.3 is 0 Å². The molecule has 0 radical (unpaired) electrons. The Bertz CT molecular complexity index is 7430. The Hall–Kier alpha value is -16.9. The van der Waals surface area contributed by atoms with Crippen LogP contribution in [0.2, 0.25) is 0 Å². The normalized spacial score (nSPS) is 11.9. The zero-order valence-electron chi connectivity index (χ0n) is 69.3. The number of carbonyl (C=O) groups excluding carboxylic acids is 3. The number of hydrogen-bond acceptors (Lipinski definition) is 28. The van der Waals surface area contributed by atoms with Gasteiger partial charge in [-0.3, -0.25) is 49.3 Å². The Morgan fingerprint density at radius 3 is 0.881 bits per heavy atom. The monoisotopic (exact) mass is 1670 g/mol. The minimum absolute atomic E-state index is 0.0212. The summed E-state index contributed by atoms with van der Waals surface area (Å²) in [6.45, 7) is 13.2. The van der Waals surface area contributed by atoms with Crippen LogP contribution in [0.15, 0.2) is 265 Å². The van der Waals surface area contributed by atoms with Gasteiger partial charge in [0.05, 0.1) is 114 Å². The van der Waals surface area contributed by atoms with Crippen LogP contribution in [0.3, 0.4) is 0 Å². The molecular weight excluding hydrogens is 1590 g/mol. The average Bonchev–Trinajstić information content (AvgIpc) is 1.66. The van der Waals surface area contributed by atoms with E-state index in [9.17, 15) is 14.4 Å². The number of ether oxygens (including phenoxy) is 1. The van der Waals surface area contributed by atoms with Gasteiger partial charge in [-0.25, -0.2) is 48.3 Å². The van der Waals surface area contributed by atoms with Gasteiger partial charge in [0, 0.05) is 70.4 Å². The van der Waals surface area contributed by atoms with Gasteiger partial charge in [0.2, 0.25) is 5.91 Å². The zero-order valence-corrected chi connectivity index (χ0v) is 69.3. The number of carbonyl (C=O) groups is 3. The predicted octanol–water partition coefficient (Wildman–Crippen LogP) is 13.2. The number of methoxy groups -OCH3 is 1. The standard InChI is InChI=1S/C20H18N6O.C19H17N7O.C19H17N5O.C17H14N6O.C17H13N5O/c1-13(27)11-22-14(2)17-7-8-19-20(23-17)26(25-24-19)12-15-5-6-18-16(10-15)4-3-9-21-18;1-12(22-10-18(20)27)15-6-7-17-19(23-15)26(25-24-17)11-13-4-5-16-14(9-13)3-2-8-21-16;1-13(12-25-2)16-7-8-18-19(21-16)24(23-22-18)11-14-5-6-17-15(10-14)4-3-9-20-17;1-11(21-24)14-6-7-16-17(19-14)23(22-20-16)10-12-4-5-15-13(9-12)3-2-8-18-15;1-11(23)14-6-7-16-17(19-14)22(21-20-16)10-12-4-5-15-13(9-12)3-2-8-18-15/h3-10H,11-12H2,1-2H3;2-9H,10-11H2,1H3,(H2,20,27);3-10,12H,11H2,1-2H3;2-9,24H,10H2,1H3;2-9H,10H2,1H3/b;;13-12+;21-11+;. The molecule has 622 valence electrons. The van der Waals surface area contributed by atoms with E-state index in [1.165, 1.54) is 13.8 Å². The summed E-state index contributed by atoms with van der Waals surface area (Å²) in [7, 11) is 1.63. The molecule has 20 rings (SSSR count). The van der Waals surface area contributed by atoms with Crippen LogP contribution in [-0.4, -0.2) is 185 Å². The lowest BCUT2D eigenvalue weighted by molar-refractivity contribution is -0.117. The molecule has 1 amide bonds. The highest BCUT2D eigenvalue weighted by Crippen LogP contribution is 2.25. The number of allylic oxidation sites excluding steroid dienone is 1. The summed E-state index contributed by atoms with van der Waals surface area (Å²) in [5, 5.41) is 59.4. The molecule has 5 aromatic carbocycles. The Balaban J connectivity index is 0.000000116. The quantitative estimate of drug-likeness (QED) is 0.0235. The summed E-state index contributed by atoms with van der Waals surface area (Å²) in [5.41, 5.74) is 28.4. The number of primary amides is 1. The van der Waals surface area contributed by atoms with Crippen LogP contribution in [0.5, 0.6) is 0 Å². The molecule has 0 aliphatic carbocycles. The molecule has 0 unspecified atom stereocenters. The van der Waals surface area contributed by atoms with Crippen molar-refractivity contribution in [3.05, 3.63) is 306 Å². The molecule has 15 heterocycles. The molecule has 126 heavy (non-hydrogen) atoms.